The molecule has 2 aliphatic rings. The highest BCUT2D eigenvalue weighted by atomic mass is 32.2. The molecule has 0 aliphatic carbocycles. The first-order valence-electron chi connectivity index (χ1n) is 10.6. The maximum absolute atomic E-state index is 13.3. The first kappa shape index (κ1) is 22.9. The summed E-state index contributed by atoms with van der Waals surface area (Å²) < 4.78 is 32.8. The second kappa shape index (κ2) is 9.30. The summed E-state index contributed by atoms with van der Waals surface area (Å²) >= 11 is 1.21. The lowest BCUT2D eigenvalue weighted by Crippen LogP contribution is -2.60. The third-order valence-electron chi connectivity index (χ3n) is 6.07. The molecule has 0 saturated carbocycles. The number of rotatable bonds is 7. The summed E-state index contributed by atoms with van der Waals surface area (Å²) in [6.45, 7) is 2.34. The van der Waals surface area contributed by atoms with E-state index in [4.69, 9.17) is 4.74 Å². The van der Waals surface area contributed by atoms with Crippen molar-refractivity contribution in [1.29, 1.82) is 0 Å². The average molecular weight is 478 g/mol. The van der Waals surface area contributed by atoms with Crippen LogP contribution in [0.5, 0.6) is 0 Å². The molecule has 2 fully saturated rings. The van der Waals surface area contributed by atoms with Gasteiger partial charge in [0.1, 0.15) is 10.8 Å². The van der Waals surface area contributed by atoms with Gasteiger partial charge in [-0.2, -0.15) is 4.31 Å². The molecule has 8 nitrogen and oxygen atoms in total. The molecular weight excluding hydrogens is 450 g/mol. The maximum Gasteiger partial charge on any atom is 0.302 e. The minimum Gasteiger partial charge on any atom is -0.464 e. The van der Waals surface area contributed by atoms with Gasteiger partial charge in [-0.25, -0.2) is 8.42 Å². The molecule has 2 aliphatic heterocycles. The summed E-state index contributed by atoms with van der Waals surface area (Å²) in [6, 6.07) is 12.7. The van der Waals surface area contributed by atoms with Crippen LogP contribution in [0.15, 0.2) is 52.1 Å². The van der Waals surface area contributed by atoms with Gasteiger partial charge in [0.25, 0.3) is 10.0 Å². The number of amides is 1. The van der Waals surface area contributed by atoms with Gasteiger partial charge >= 0.3 is 5.97 Å². The van der Waals surface area contributed by atoms with E-state index in [1.54, 1.807) is 22.4 Å². The van der Waals surface area contributed by atoms with Crippen LogP contribution in [0.25, 0.3) is 0 Å². The molecule has 2 saturated heterocycles. The number of esters is 1. The molecule has 1 aromatic carbocycles. The zero-order valence-electron chi connectivity index (χ0n) is 17.9. The van der Waals surface area contributed by atoms with E-state index in [1.165, 1.54) is 22.6 Å². The Kier molecular flexibility index (Phi) is 6.66. The number of piperidine rings is 1. The van der Waals surface area contributed by atoms with Crippen molar-refractivity contribution in [2.45, 2.75) is 42.1 Å². The molecule has 4 rings (SSSR count). The number of thiophene rings is 1. The Hall–Kier alpha value is -2.27. The van der Waals surface area contributed by atoms with Crippen molar-refractivity contribution in [2.24, 2.45) is 0 Å². The van der Waals surface area contributed by atoms with Crippen molar-refractivity contribution in [2.75, 3.05) is 26.2 Å². The monoisotopic (exact) mass is 477 g/mol. The van der Waals surface area contributed by atoms with Crippen LogP contribution in [-0.4, -0.2) is 67.4 Å². The minimum absolute atomic E-state index is 0.0458. The third kappa shape index (κ3) is 4.59. The summed E-state index contributed by atoms with van der Waals surface area (Å²) in [5, 5.41) is 5.27. The highest BCUT2D eigenvalue weighted by molar-refractivity contribution is 7.91. The lowest BCUT2D eigenvalue weighted by molar-refractivity contribution is -0.144. The molecular formula is C22H27N3O5S2. The van der Waals surface area contributed by atoms with E-state index in [0.717, 1.165) is 5.56 Å². The number of carbonyl (C=O) groups excluding carboxylic acids is 2. The van der Waals surface area contributed by atoms with Crippen LogP contribution < -0.4 is 5.32 Å². The van der Waals surface area contributed by atoms with Crippen molar-refractivity contribution in [3.63, 3.8) is 0 Å². The summed E-state index contributed by atoms with van der Waals surface area (Å²) in [5.41, 5.74) is 0.395. The third-order valence-corrected chi connectivity index (χ3v) is 9.34. The fraction of sp³-hybridized carbons (Fsp3) is 0.455. The van der Waals surface area contributed by atoms with Crippen molar-refractivity contribution in [3.05, 3.63) is 53.4 Å². The normalized spacial score (nSPS) is 21.2. The molecule has 172 valence electrons. The first-order valence-corrected chi connectivity index (χ1v) is 12.9. The second-order valence-electron chi connectivity index (χ2n) is 8.08. The van der Waals surface area contributed by atoms with E-state index in [0.29, 0.717) is 36.6 Å². The van der Waals surface area contributed by atoms with Gasteiger partial charge in [-0.1, -0.05) is 36.4 Å². The molecule has 1 spiro atoms. The van der Waals surface area contributed by atoms with Gasteiger partial charge in [0, 0.05) is 20.0 Å². The Bertz CT molecular complexity index is 1050. The lowest BCUT2D eigenvalue weighted by atomic mass is 9.97. The number of benzene rings is 1. The first-order chi connectivity index (χ1) is 15.3. The van der Waals surface area contributed by atoms with Crippen LogP contribution in [0.3, 0.4) is 0 Å². The summed E-state index contributed by atoms with van der Waals surface area (Å²) in [5.74, 6) is -0.438. The van der Waals surface area contributed by atoms with Gasteiger partial charge in [-0.05, 0) is 36.3 Å². The van der Waals surface area contributed by atoms with E-state index in [2.05, 4.69) is 5.32 Å². The van der Waals surface area contributed by atoms with E-state index < -0.39 is 27.7 Å². The highest BCUT2D eigenvalue weighted by Crippen LogP contribution is 2.35. The topological polar surface area (TPSA) is 96.0 Å². The summed E-state index contributed by atoms with van der Waals surface area (Å²) in [7, 11) is -3.53. The van der Waals surface area contributed by atoms with E-state index in [-0.39, 0.29) is 19.1 Å². The van der Waals surface area contributed by atoms with Crippen LogP contribution in [0.4, 0.5) is 0 Å². The van der Waals surface area contributed by atoms with Crippen molar-refractivity contribution < 1.29 is 22.7 Å². The van der Waals surface area contributed by atoms with Crippen LogP contribution >= 0.6 is 11.3 Å². The number of carbonyl (C=O) groups is 2. The second-order valence-corrected chi connectivity index (χ2v) is 11.2. The molecule has 2 aromatic rings. The number of nitrogens with one attached hydrogen (secondary N) is 1. The molecule has 0 radical (unpaired) electrons. The molecule has 0 bridgehead atoms. The molecule has 1 atom stereocenters. The maximum atomic E-state index is 13.3. The smallest absolute Gasteiger partial charge is 0.302 e. The summed E-state index contributed by atoms with van der Waals surface area (Å²) in [6.07, 6.45) is 1.48. The standard InChI is InChI=1S/C22H27N3O5S2/c1-17(26)30-14-13-25-21(27)19(16-18-6-3-2-4-7-18)23-22(25)9-11-24(12-10-22)32(28,29)20-8-5-15-31-20/h2-8,15,19,23H,9-14,16H2,1H3. The number of nitrogens with zero attached hydrogens (tertiary/aromatic N) is 2. The molecule has 1 aromatic heterocycles. The fourth-order valence-corrected chi connectivity index (χ4v) is 7.09. The fourth-order valence-electron chi connectivity index (χ4n) is 4.50. The zero-order valence-corrected chi connectivity index (χ0v) is 19.5. The predicted octanol–water partition coefficient (Wildman–Crippen LogP) is 1.84. The van der Waals surface area contributed by atoms with Crippen molar-refractivity contribution in [3.8, 4) is 0 Å². The molecule has 32 heavy (non-hydrogen) atoms. The van der Waals surface area contributed by atoms with E-state index in [9.17, 15) is 18.0 Å². The van der Waals surface area contributed by atoms with Gasteiger partial charge in [0.15, 0.2) is 0 Å². The van der Waals surface area contributed by atoms with Crippen molar-refractivity contribution >= 4 is 33.2 Å². The Labute approximate surface area is 192 Å². The van der Waals surface area contributed by atoms with E-state index >= 15 is 0 Å². The molecule has 10 heteroatoms. The SMILES string of the molecule is CC(=O)OCCN1C(=O)C(Cc2ccccc2)NC12CCN(S(=O)(=O)c1cccs1)CC2. The Morgan fingerprint density at radius 3 is 2.53 bits per heavy atom. The minimum atomic E-state index is -3.53. The van der Waals surface area contributed by atoms with Crippen LogP contribution in [0.1, 0.15) is 25.3 Å². The molecule has 3 heterocycles. The number of sulfonamides is 1. The highest BCUT2D eigenvalue weighted by Gasteiger charge is 2.52. The Morgan fingerprint density at radius 2 is 1.91 bits per heavy atom. The predicted molar refractivity (Wildman–Crippen MR) is 120 cm³/mol. The molecule has 1 unspecified atom stereocenters. The van der Waals surface area contributed by atoms with Gasteiger partial charge in [-0.15, -0.1) is 11.3 Å². The summed E-state index contributed by atoms with van der Waals surface area (Å²) in [4.78, 5) is 26.3. The van der Waals surface area contributed by atoms with Gasteiger partial charge in [0.2, 0.25) is 5.91 Å². The molecule has 1 amide bonds. The Balaban J connectivity index is 1.51. The number of hydrogen-bond acceptors (Lipinski definition) is 7. The van der Waals surface area contributed by atoms with Crippen molar-refractivity contribution in [1.82, 2.24) is 14.5 Å². The van der Waals surface area contributed by atoms with Crippen LogP contribution in [-0.2, 0) is 30.8 Å². The largest absolute Gasteiger partial charge is 0.464 e. The quantitative estimate of drug-likeness (QED) is 0.612. The van der Waals surface area contributed by atoms with Gasteiger partial charge in [-0.3, -0.25) is 14.9 Å². The van der Waals surface area contributed by atoms with E-state index in [1.807, 2.05) is 30.3 Å². The van der Waals surface area contributed by atoms with Crippen LogP contribution in [0, 0.1) is 0 Å². The number of hydrogen-bond donors (Lipinski definition) is 1. The lowest BCUT2D eigenvalue weighted by Gasteiger charge is -2.44. The number of ether oxygens (including phenoxy) is 1. The van der Waals surface area contributed by atoms with Gasteiger partial charge in [0.05, 0.1) is 18.2 Å². The zero-order chi connectivity index (χ0) is 22.8. The molecule has 1 N–H and O–H groups in total. The van der Waals surface area contributed by atoms with Crippen LogP contribution in [0.2, 0.25) is 0 Å². The van der Waals surface area contributed by atoms with Gasteiger partial charge < -0.3 is 9.64 Å². The average Bonchev–Trinajstić information content (AvgIpc) is 3.39. The Morgan fingerprint density at radius 1 is 1.19 bits per heavy atom.